The third-order valence-electron chi connectivity index (χ3n) is 1.55. The summed E-state index contributed by atoms with van der Waals surface area (Å²) in [5.74, 6) is 0. The molecule has 2 N–H and O–H groups in total. The highest BCUT2D eigenvalue weighted by Crippen LogP contribution is 2.33. The summed E-state index contributed by atoms with van der Waals surface area (Å²) in [7, 11) is -2.11. The summed E-state index contributed by atoms with van der Waals surface area (Å²) < 4.78 is 4.79. The maximum absolute atomic E-state index is 8.41. The van der Waals surface area contributed by atoms with Crippen molar-refractivity contribution in [3.05, 3.63) is 39.5 Å². The lowest BCUT2D eigenvalue weighted by molar-refractivity contribution is 0.176. The molecule has 0 saturated heterocycles. The van der Waals surface area contributed by atoms with Gasteiger partial charge in [0.1, 0.15) is 0 Å². The standard InChI is InChI=1S/C5H11O3P.3C2H4/c6-9(7)8-5-3-1-2-4-5;3*1-2/h5-7H,1-4H2;3*1-2H2. The normalized spacial score (nSPS) is 13.8. The van der Waals surface area contributed by atoms with Crippen LogP contribution in [0.15, 0.2) is 39.5 Å². The Morgan fingerprint density at radius 1 is 0.867 bits per heavy atom. The first-order valence-corrected chi connectivity index (χ1v) is 5.80. The molecule has 0 aromatic carbocycles. The smallest absolute Gasteiger partial charge is 0.327 e. The van der Waals surface area contributed by atoms with Crippen molar-refractivity contribution in [2.75, 3.05) is 0 Å². The Bertz CT molecular complexity index is 110. The minimum atomic E-state index is -2.11. The summed E-state index contributed by atoms with van der Waals surface area (Å²) in [4.78, 5) is 16.8. The molecular weight excluding hydrogens is 211 g/mol. The summed E-state index contributed by atoms with van der Waals surface area (Å²) in [5.41, 5.74) is 0. The zero-order chi connectivity index (χ0) is 12.7. The maximum atomic E-state index is 8.41. The van der Waals surface area contributed by atoms with E-state index in [1.54, 1.807) is 0 Å². The second-order valence-corrected chi connectivity index (χ2v) is 2.98. The van der Waals surface area contributed by atoms with Crippen LogP contribution in [0.3, 0.4) is 0 Å². The van der Waals surface area contributed by atoms with Crippen LogP contribution < -0.4 is 0 Å². The van der Waals surface area contributed by atoms with Gasteiger partial charge in [0.05, 0.1) is 6.10 Å². The molecule has 0 unspecified atom stereocenters. The Hall–Kier alpha value is -0.470. The highest BCUT2D eigenvalue weighted by molar-refractivity contribution is 7.39. The van der Waals surface area contributed by atoms with Crippen molar-refractivity contribution in [2.45, 2.75) is 31.8 Å². The maximum Gasteiger partial charge on any atom is 0.327 e. The van der Waals surface area contributed by atoms with Gasteiger partial charge in [-0.25, -0.2) is 0 Å². The summed E-state index contributed by atoms with van der Waals surface area (Å²) in [5, 5.41) is 0. The minimum absolute atomic E-state index is 0.117. The molecule has 0 amide bonds. The Morgan fingerprint density at radius 2 is 1.20 bits per heavy atom. The fourth-order valence-electron chi connectivity index (χ4n) is 1.13. The molecule has 0 spiro atoms. The molecule has 1 aliphatic rings. The number of hydrogen-bond donors (Lipinski definition) is 2. The molecule has 15 heavy (non-hydrogen) atoms. The van der Waals surface area contributed by atoms with Crippen LogP contribution in [-0.2, 0) is 4.52 Å². The van der Waals surface area contributed by atoms with Crippen molar-refractivity contribution in [1.29, 1.82) is 0 Å². The molecule has 1 saturated carbocycles. The van der Waals surface area contributed by atoms with E-state index in [1.165, 1.54) is 0 Å². The van der Waals surface area contributed by atoms with Crippen LogP contribution in [0.4, 0.5) is 0 Å². The summed E-state index contributed by atoms with van der Waals surface area (Å²) in [6.07, 6.45) is 4.41. The van der Waals surface area contributed by atoms with E-state index in [-0.39, 0.29) is 6.10 Å². The van der Waals surface area contributed by atoms with Crippen LogP contribution in [0.1, 0.15) is 25.7 Å². The van der Waals surface area contributed by atoms with E-state index in [2.05, 4.69) is 39.5 Å². The van der Waals surface area contributed by atoms with Crippen molar-refractivity contribution >= 4 is 8.60 Å². The molecule has 0 aromatic rings. The van der Waals surface area contributed by atoms with E-state index >= 15 is 0 Å². The fraction of sp³-hybridized carbons (Fsp3) is 0.455. The van der Waals surface area contributed by atoms with Gasteiger partial charge in [0.15, 0.2) is 0 Å². The van der Waals surface area contributed by atoms with E-state index < -0.39 is 8.60 Å². The molecule has 4 heteroatoms. The molecule has 1 aliphatic carbocycles. The predicted molar refractivity (Wildman–Crippen MR) is 68.5 cm³/mol. The monoisotopic (exact) mass is 234 g/mol. The van der Waals surface area contributed by atoms with E-state index in [1.807, 2.05) is 0 Å². The van der Waals surface area contributed by atoms with Crippen LogP contribution in [-0.4, -0.2) is 15.9 Å². The van der Waals surface area contributed by atoms with Gasteiger partial charge in [0, 0.05) is 0 Å². The van der Waals surface area contributed by atoms with E-state index in [0.717, 1.165) is 25.7 Å². The third-order valence-corrected chi connectivity index (χ3v) is 2.03. The zero-order valence-electron chi connectivity index (χ0n) is 9.40. The molecule has 0 radical (unpaired) electrons. The van der Waals surface area contributed by atoms with Crippen molar-refractivity contribution < 1.29 is 14.3 Å². The average molecular weight is 234 g/mol. The van der Waals surface area contributed by atoms with Crippen molar-refractivity contribution in [3.8, 4) is 0 Å². The second kappa shape index (κ2) is 19.2. The number of rotatable bonds is 2. The van der Waals surface area contributed by atoms with Crippen LogP contribution in [0.2, 0.25) is 0 Å². The lowest BCUT2D eigenvalue weighted by atomic mass is 10.3. The average Bonchev–Trinajstić information content (AvgIpc) is 2.78. The summed E-state index contributed by atoms with van der Waals surface area (Å²) >= 11 is 0. The Balaban J connectivity index is -0.000000208. The quantitative estimate of drug-likeness (QED) is 0.567. The molecule has 90 valence electrons. The van der Waals surface area contributed by atoms with Gasteiger partial charge in [0.25, 0.3) is 0 Å². The SMILES string of the molecule is C=C.C=C.C=C.OP(O)OC1CCCC1. The first-order valence-electron chi connectivity index (χ1n) is 4.63. The Kier molecular flexibility index (Phi) is 25.6. The fourth-order valence-corrected chi connectivity index (χ4v) is 1.60. The van der Waals surface area contributed by atoms with Crippen LogP contribution in [0.25, 0.3) is 0 Å². The largest absolute Gasteiger partial charge is 0.328 e. The molecule has 0 atom stereocenters. The van der Waals surface area contributed by atoms with Gasteiger partial charge in [-0.3, -0.25) is 0 Å². The molecule has 0 aromatic heterocycles. The highest BCUT2D eigenvalue weighted by Gasteiger charge is 2.18. The molecule has 0 bridgehead atoms. The van der Waals surface area contributed by atoms with Crippen LogP contribution in [0.5, 0.6) is 0 Å². The summed E-state index contributed by atoms with van der Waals surface area (Å²) in [6, 6.07) is 0. The van der Waals surface area contributed by atoms with Crippen molar-refractivity contribution in [3.63, 3.8) is 0 Å². The molecule has 1 rings (SSSR count). The van der Waals surface area contributed by atoms with Gasteiger partial charge in [-0.1, -0.05) is 12.8 Å². The predicted octanol–water partition coefficient (Wildman–Crippen LogP) is 3.56. The van der Waals surface area contributed by atoms with Gasteiger partial charge < -0.3 is 14.3 Å². The summed E-state index contributed by atoms with van der Waals surface area (Å²) in [6.45, 7) is 18.0. The first kappa shape index (κ1) is 20.0. The lowest BCUT2D eigenvalue weighted by Crippen LogP contribution is -2.02. The molecule has 3 nitrogen and oxygen atoms in total. The van der Waals surface area contributed by atoms with E-state index in [0.29, 0.717) is 0 Å². The molecular formula is C11H23O3P. The van der Waals surface area contributed by atoms with Gasteiger partial charge >= 0.3 is 8.60 Å². The van der Waals surface area contributed by atoms with Crippen molar-refractivity contribution in [2.24, 2.45) is 0 Å². The molecule has 1 fully saturated rings. The highest BCUT2D eigenvalue weighted by atomic mass is 31.2. The Morgan fingerprint density at radius 3 is 1.47 bits per heavy atom. The lowest BCUT2D eigenvalue weighted by Gasteiger charge is -2.09. The zero-order valence-corrected chi connectivity index (χ0v) is 10.3. The van der Waals surface area contributed by atoms with Crippen LogP contribution >= 0.6 is 8.60 Å². The van der Waals surface area contributed by atoms with Gasteiger partial charge in [0.2, 0.25) is 0 Å². The Labute approximate surface area is 94.8 Å². The molecule has 0 aliphatic heterocycles. The topological polar surface area (TPSA) is 49.7 Å². The van der Waals surface area contributed by atoms with Gasteiger partial charge in [-0.2, -0.15) is 0 Å². The molecule has 0 heterocycles. The number of hydrogen-bond acceptors (Lipinski definition) is 3. The van der Waals surface area contributed by atoms with Gasteiger partial charge in [-0.15, -0.1) is 39.5 Å². The van der Waals surface area contributed by atoms with Gasteiger partial charge in [-0.05, 0) is 12.8 Å². The van der Waals surface area contributed by atoms with Crippen LogP contribution in [0, 0.1) is 0 Å². The van der Waals surface area contributed by atoms with E-state index in [9.17, 15) is 0 Å². The third kappa shape index (κ3) is 16.2. The minimum Gasteiger partial charge on any atom is -0.328 e. The second-order valence-electron chi connectivity index (χ2n) is 2.26. The first-order chi connectivity index (χ1) is 7.29. The van der Waals surface area contributed by atoms with E-state index in [4.69, 9.17) is 14.3 Å². The van der Waals surface area contributed by atoms with Crippen molar-refractivity contribution in [1.82, 2.24) is 0 Å².